The van der Waals surface area contributed by atoms with Crippen LogP contribution in [-0.4, -0.2) is 15.5 Å². The number of amides is 1. The summed E-state index contributed by atoms with van der Waals surface area (Å²) in [6.07, 6.45) is 2.63. The molecule has 1 heterocycles. The molecule has 0 radical (unpaired) electrons. The van der Waals surface area contributed by atoms with Crippen molar-refractivity contribution < 1.29 is 9.18 Å². The number of para-hydroxylation sites is 1. The Labute approximate surface area is 112 Å². The Morgan fingerprint density at radius 2 is 2.16 bits per heavy atom. The van der Waals surface area contributed by atoms with Gasteiger partial charge in [-0.05, 0) is 12.1 Å². The van der Waals surface area contributed by atoms with Crippen LogP contribution in [0.25, 0.3) is 0 Å². The van der Waals surface area contributed by atoms with Crippen molar-refractivity contribution in [2.75, 3.05) is 5.32 Å². The summed E-state index contributed by atoms with van der Waals surface area (Å²) in [4.78, 5) is 26.8. The molecule has 0 aliphatic carbocycles. The molecule has 2 rings (SSSR count). The third kappa shape index (κ3) is 3.17. The molecule has 0 fully saturated rings. The predicted octanol–water partition coefficient (Wildman–Crippen LogP) is 1.67. The zero-order valence-electron chi connectivity index (χ0n) is 9.64. The Kier molecular flexibility index (Phi) is 3.91. The Morgan fingerprint density at radius 1 is 1.42 bits per heavy atom. The normalized spacial score (nSPS) is 10.2. The second kappa shape index (κ2) is 5.62. The van der Waals surface area contributed by atoms with Gasteiger partial charge in [0, 0.05) is 12.4 Å². The monoisotopic (exact) mass is 281 g/mol. The first-order chi connectivity index (χ1) is 9.08. The summed E-state index contributed by atoms with van der Waals surface area (Å²) in [7, 11) is 0. The highest BCUT2D eigenvalue weighted by atomic mass is 35.5. The van der Waals surface area contributed by atoms with Crippen molar-refractivity contribution in [3.05, 3.63) is 58.0 Å². The van der Waals surface area contributed by atoms with Crippen LogP contribution < -0.4 is 10.9 Å². The molecule has 0 atom stereocenters. The molecule has 98 valence electrons. The number of hydrogen-bond acceptors (Lipinski definition) is 3. The SMILES string of the molecule is O=C(Cn1ccnc(Cl)c1=O)Nc1ccccc1F. The van der Waals surface area contributed by atoms with E-state index in [-0.39, 0.29) is 17.4 Å². The highest BCUT2D eigenvalue weighted by molar-refractivity contribution is 6.29. The number of hydrogen-bond donors (Lipinski definition) is 1. The van der Waals surface area contributed by atoms with Crippen LogP contribution in [0.15, 0.2) is 41.5 Å². The topological polar surface area (TPSA) is 64.0 Å². The highest BCUT2D eigenvalue weighted by Gasteiger charge is 2.09. The van der Waals surface area contributed by atoms with Gasteiger partial charge in [0.2, 0.25) is 5.91 Å². The van der Waals surface area contributed by atoms with Gasteiger partial charge in [-0.2, -0.15) is 0 Å². The van der Waals surface area contributed by atoms with Gasteiger partial charge in [0.25, 0.3) is 5.56 Å². The number of aromatic nitrogens is 2. The Balaban J connectivity index is 2.12. The zero-order valence-corrected chi connectivity index (χ0v) is 10.4. The maximum absolute atomic E-state index is 13.3. The molecule has 1 amide bonds. The molecule has 0 saturated carbocycles. The molecule has 0 aliphatic heterocycles. The van der Waals surface area contributed by atoms with Gasteiger partial charge in [-0.1, -0.05) is 23.7 Å². The van der Waals surface area contributed by atoms with Crippen molar-refractivity contribution in [2.45, 2.75) is 6.54 Å². The second-order valence-corrected chi connectivity index (χ2v) is 4.04. The maximum atomic E-state index is 13.3. The third-order valence-corrected chi connectivity index (χ3v) is 2.59. The van der Waals surface area contributed by atoms with Gasteiger partial charge in [-0.25, -0.2) is 9.37 Å². The summed E-state index contributed by atoms with van der Waals surface area (Å²) in [6, 6.07) is 5.76. The highest BCUT2D eigenvalue weighted by Crippen LogP contribution is 2.12. The average Bonchev–Trinajstić information content (AvgIpc) is 2.38. The van der Waals surface area contributed by atoms with Crippen LogP contribution in [0, 0.1) is 5.82 Å². The van der Waals surface area contributed by atoms with Crippen molar-refractivity contribution in [1.29, 1.82) is 0 Å². The van der Waals surface area contributed by atoms with E-state index in [9.17, 15) is 14.0 Å². The first-order valence-corrected chi connectivity index (χ1v) is 5.71. The molecule has 1 N–H and O–H groups in total. The van der Waals surface area contributed by atoms with E-state index in [1.807, 2.05) is 0 Å². The fourth-order valence-corrected chi connectivity index (χ4v) is 1.62. The summed E-state index contributed by atoms with van der Waals surface area (Å²) in [5.41, 5.74) is -0.520. The molecule has 19 heavy (non-hydrogen) atoms. The summed E-state index contributed by atoms with van der Waals surface area (Å²) < 4.78 is 14.4. The number of anilines is 1. The Morgan fingerprint density at radius 3 is 2.89 bits per heavy atom. The van der Waals surface area contributed by atoms with Crippen molar-refractivity contribution in [2.24, 2.45) is 0 Å². The minimum atomic E-state index is -0.576. The summed E-state index contributed by atoms with van der Waals surface area (Å²) in [5, 5.41) is 2.15. The van der Waals surface area contributed by atoms with Crippen molar-refractivity contribution >= 4 is 23.2 Å². The lowest BCUT2D eigenvalue weighted by atomic mass is 10.3. The second-order valence-electron chi connectivity index (χ2n) is 3.68. The number of rotatable bonds is 3. The molecule has 1 aromatic carbocycles. The van der Waals surface area contributed by atoms with E-state index in [4.69, 9.17) is 11.6 Å². The number of halogens is 2. The average molecular weight is 282 g/mol. The van der Waals surface area contributed by atoms with Gasteiger partial charge in [-0.15, -0.1) is 0 Å². The predicted molar refractivity (Wildman–Crippen MR) is 68.5 cm³/mol. The molecule has 5 nitrogen and oxygen atoms in total. The fourth-order valence-electron chi connectivity index (χ4n) is 1.45. The van der Waals surface area contributed by atoms with E-state index in [0.29, 0.717) is 0 Å². The fraction of sp³-hybridized carbons (Fsp3) is 0.0833. The number of nitrogens with zero attached hydrogens (tertiary/aromatic N) is 2. The minimum absolute atomic E-state index is 0.0562. The molecule has 1 aromatic heterocycles. The smallest absolute Gasteiger partial charge is 0.288 e. The lowest BCUT2D eigenvalue weighted by Crippen LogP contribution is -2.28. The van der Waals surface area contributed by atoms with Crippen LogP contribution >= 0.6 is 11.6 Å². The molecule has 2 aromatic rings. The van der Waals surface area contributed by atoms with Gasteiger partial charge in [0.15, 0.2) is 5.15 Å². The molecule has 0 saturated heterocycles. The first-order valence-electron chi connectivity index (χ1n) is 5.33. The largest absolute Gasteiger partial charge is 0.322 e. The maximum Gasteiger partial charge on any atom is 0.288 e. The lowest BCUT2D eigenvalue weighted by Gasteiger charge is -2.07. The molecular weight excluding hydrogens is 273 g/mol. The lowest BCUT2D eigenvalue weighted by molar-refractivity contribution is -0.116. The number of carbonyl (C=O) groups is 1. The molecular formula is C12H9ClFN3O2. The van der Waals surface area contributed by atoms with Gasteiger partial charge in [-0.3, -0.25) is 9.59 Å². The van der Waals surface area contributed by atoms with Crippen LogP contribution in [0.1, 0.15) is 0 Å². The van der Waals surface area contributed by atoms with Crippen LogP contribution in [0.4, 0.5) is 10.1 Å². The van der Waals surface area contributed by atoms with Gasteiger partial charge >= 0.3 is 0 Å². The van der Waals surface area contributed by atoms with Crippen molar-refractivity contribution in [3.63, 3.8) is 0 Å². The van der Waals surface area contributed by atoms with E-state index in [0.717, 1.165) is 4.57 Å². The standard InChI is InChI=1S/C12H9ClFN3O2/c13-11-12(19)17(6-5-15-11)7-10(18)16-9-4-2-1-3-8(9)14/h1-6H,7H2,(H,16,18). The van der Waals surface area contributed by atoms with Crippen molar-refractivity contribution in [3.8, 4) is 0 Å². The molecule has 0 unspecified atom stereocenters. The van der Waals surface area contributed by atoms with E-state index in [1.165, 1.54) is 30.6 Å². The van der Waals surface area contributed by atoms with Crippen LogP contribution in [0.2, 0.25) is 5.15 Å². The number of nitrogens with one attached hydrogen (secondary N) is 1. The zero-order chi connectivity index (χ0) is 13.8. The van der Waals surface area contributed by atoms with E-state index >= 15 is 0 Å². The third-order valence-electron chi connectivity index (χ3n) is 2.33. The minimum Gasteiger partial charge on any atom is -0.322 e. The molecule has 7 heteroatoms. The van der Waals surface area contributed by atoms with Crippen LogP contribution in [0.3, 0.4) is 0 Å². The Hall–Kier alpha value is -2.21. The molecule has 0 spiro atoms. The van der Waals surface area contributed by atoms with Gasteiger partial charge in [0.05, 0.1) is 5.69 Å². The summed E-state index contributed by atoms with van der Waals surface area (Å²) in [5.74, 6) is -1.08. The number of benzene rings is 1. The molecule has 0 bridgehead atoms. The van der Waals surface area contributed by atoms with E-state index in [1.54, 1.807) is 6.07 Å². The summed E-state index contributed by atoms with van der Waals surface area (Å²) in [6.45, 7) is -0.268. The van der Waals surface area contributed by atoms with Crippen molar-refractivity contribution in [1.82, 2.24) is 9.55 Å². The quantitative estimate of drug-likeness (QED) is 0.931. The Bertz CT molecular complexity index is 672. The van der Waals surface area contributed by atoms with Crippen LogP contribution in [0.5, 0.6) is 0 Å². The summed E-state index contributed by atoms with van der Waals surface area (Å²) >= 11 is 5.55. The van der Waals surface area contributed by atoms with E-state index < -0.39 is 17.3 Å². The first kappa shape index (κ1) is 13.2. The van der Waals surface area contributed by atoms with E-state index in [2.05, 4.69) is 10.3 Å². The number of carbonyl (C=O) groups excluding carboxylic acids is 1. The van der Waals surface area contributed by atoms with Crippen LogP contribution in [-0.2, 0) is 11.3 Å². The van der Waals surface area contributed by atoms with Gasteiger partial charge in [0.1, 0.15) is 12.4 Å². The van der Waals surface area contributed by atoms with Gasteiger partial charge < -0.3 is 9.88 Å². The molecule has 0 aliphatic rings.